The Kier molecular flexibility index (Phi) is 7.59. The third kappa shape index (κ3) is 5.19. The largest absolute Gasteiger partial charge is 0.450 e. The topological polar surface area (TPSA) is 103 Å². The molecule has 11 atom stereocenters. The molecule has 10 nitrogen and oxygen atoms in total. The minimum absolute atomic E-state index is 0.168. The van der Waals surface area contributed by atoms with Gasteiger partial charge in [-0.05, 0) is 18.6 Å². The summed E-state index contributed by atoms with van der Waals surface area (Å²) in [6.45, 7) is 3.22. The van der Waals surface area contributed by atoms with Crippen molar-refractivity contribution in [3.05, 3.63) is 71.8 Å². The molecule has 10 heteroatoms. The van der Waals surface area contributed by atoms with E-state index in [1.54, 1.807) is 24.3 Å². The number of hydrogen-bond acceptors (Lipinski definition) is 10. The summed E-state index contributed by atoms with van der Waals surface area (Å²) in [7, 11) is 0. The molecule has 7 rings (SSSR count). The van der Waals surface area contributed by atoms with Crippen molar-refractivity contribution in [1.82, 2.24) is 0 Å². The van der Waals surface area contributed by atoms with Crippen molar-refractivity contribution in [1.29, 1.82) is 0 Å². The van der Waals surface area contributed by atoms with E-state index in [9.17, 15) is 4.79 Å². The lowest BCUT2D eigenvalue weighted by molar-refractivity contribution is -0.373. The minimum Gasteiger partial charge on any atom is -0.450 e. The standard InChI is InChI=1S/C30H34O10/c1-2-3-14-32-23-21-19(15-33-28(39-21)18-12-8-5-9-13-18)36-30(25(23)38-27(31)17-10-6-4-7-11-17)40-22-20-16-34-29(35-20)26-24(22)37-26/h4-13,19-26,28-30H,2-3,14-16H2,1H3/t19?,20?,21-,22-,23?,24?,25+,26-,28?,29-,30+/m1/s1. The number of rotatable bonds is 9. The Bertz CT molecular complexity index is 1150. The summed E-state index contributed by atoms with van der Waals surface area (Å²) < 4.78 is 55.6. The van der Waals surface area contributed by atoms with Crippen LogP contribution in [-0.4, -0.2) is 87.2 Å². The Morgan fingerprint density at radius 1 is 0.800 bits per heavy atom. The summed E-state index contributed by atoms with van der Waals surface area (Å²) >= 11 is 0. The number of ether oxygens (including phenoxy) is 9. The van der Waals surface area contributed by atoms with E-state index < -0.39 is 49.1 Å². The highest BCUT2D eigenvalue weighted by atomic mass is 16.8. The fourth-order valence-corrected chi connectivity index (χ4v) is 5.82. The second-order valence-corrected chi connectivity index (χ2v) is 10.7. The van der Waals surface area contributed by atoms with Gasteiger partial charge in [-0.1, -0.05) is 61.9 Å². The van der Waals surface area contributed by atoms with Gasteiger partial charge in [0.05, 0.1) is 18.8 Å². The molecule has 40 heavy (non-hydrogen) atoms. The van der Waals surface area contributed by atoms with Gasteiger partial charge in [-0.15, -0.1) is 0 Å². The normalized spacial score (nSPS) is 39.7. The van der Waals surface area contributed by atoms with E-state index >= 15 is 0 Å². The molecular weight excluding hydrogens is 520 g/mol. The van der Waals surface area contributed by atoms with E-state index in [1.807, 2.05) is 36.4 Å². The predicted octanol–water partition coefficient (Wildman–Crippen LogP) is 3.14. The Balaban J connectivity index is 1.18. The Labute approximate surface area is 232 Å². The fourth-order valence-electron chi connectivity index (χ4n) is 5.82. The molecule has 0 aliphatic carbocycles. The van der Waals surface area contributed by atoms with Crippen LogP contribution in [0.25, 0.3) is 0 Å². The van der Waals surface area contributed by atoms with Crippen molar-refractivity contribution in [2.24, 2.45) is 0 Å². The van der Waals surface area contributed by atoms with Gasteiger partial charge in [0.25, 0.3) is 0 Å². The summed E-state index contributed by atoms with van der Waals surface area (Å²) in [5.74, 6) is -0.498. The minimum atomic E-state index is -0.961. The van der Waals surface area contributed by atoms with Gasteiger partial charge < -0.3 is 42.6 Å². The Morgan fingerprint density at radius 2 is 1.57 bits per heavy atom. The maximum Gasteiger partial charge on any atom is 0.338 e. The molecule has 2 aromatic carbocycles. The lowest BCUT2D eigenvalue weighted by atomic mass is 9.96. The molecule has 5 aliphatic heterocycles. The summed E-state index contributed by atoms with van der Waals surface area (Å²) in [6, 6.07) is 18.6. The predicted molar refractivity (Wildman–Crippen MR) is 137 cm³/mol. The first-order valence-corrected chi connectivity index (χ1v) is 14.1. The van der Waals surface area contributed by atoms with Crippen molar-refractivity contribution in [2.75, 3.05) is 19.8 Å². The van der Waals surface area contributed by atoms with Crippen LogP contribution < -0.4 is 0 Å². The molecule has 5 unspecified atom stereocenters. The first kappa shape index (κ1) is 26.5. The average Bonchev–Trinajstić information content (AvgIpc) is 3.69. The zero-order valence-corrected chi connectivity index (χ0v) is 22.2. The molecular formula is C30H34O10. The smallest absolute Gasteiger partial charge is 0.338 e. The van der Waals surface area contributed by atoms with E-state index in [0.717, 1.165) is 18.4 Å². The van der Waals surface area contributed by atoms with Gasteiger partial charge in [-0.3, -0.25) is 0 Å². The zero-order chi connectivity index (χ0) is 27.1. The van der Waals surface area contributed by atoms with Crippen molar-refractivity contribution >= 4 is 5.97 Å². The summed E-state index contributed by atoms with van der Waals surface area (Å²) in [5, 5.41) is 0. The fraction of sp³-hybridized carbons (Fsp3) is 0.567. The van der Waals surface area contributed by atoms with Gasteiger partial charge >= 0.3 is 5.97 Å². The van der Waals surface area contributed by atoms with E-state index in [0.29, 0.717) is 18.8 Å². The maximum atomic E-state index is 13.3. The van der Waals surface area contributed by atoms with E-state index in [-0.39, 0.29) is 31.2 Å². The maximum absolute atomic E-state index is 13.3. The lowest BCUT2D eigenvalue weighted by Gasteiger charge is -2.49. The van der Waals surface area contributed by atoms with Crippen molar-refractivity contribution < 1.29 is 47.4 Å². The molecule has 0 N–H and O–H groups in total. The van der Waals surface area contributed by atoms with Gasteiger partial charge in [-0.25, -0.2) is 4.79 Å². The number of benzene rings is 2. The van der Waals surface area contributed by atoms with Gasteiger partial charge in [0, 0.05) is 12.2 Å². The SMILES string of the molecule is CCCCOC1[C@@H]2OC(c3ccccc3)OCC2O[C@@H](O[C@@H]2C3CO[C@H](O3)[C@@H]3OC23)[C@H]1OC(=O)c1ccccc1. The molecule has 5 heterocycles. The average molecular weight is 555 g/mol. The van der Waals surface area contributed by atoms with Crippen LogP contribution in [0, 0.1) is 0 Å². The highest BCUT2D eigenvalue weighted by Crippen LogP contribution is 2.45. The van der Waals surface area contributed by atoms with Gasteiger partial charge in [0.2, 0.25) is 0 Å². The first-order chi connectivity index (χ1) is 19.7. The Hall–Kier alpha value is -2.41. The molecule has 5 fully saturated rings. The lowest BCUT2D eigenvalue weighted by Crippen LogP contribution is -2.65. The van der Waals surface area contributed by atoms with Crippen LogP contribution in [0.2, 0.25) is 0 Å². The van der Waals surface area contributed by atoms with E-state index in [2.05, 4.69) is 6.92 Å². The number of unbranched alkanes of at least 4 members (excludes halogenated alkanes) is 1. The number of hydrogen-bond donors (Lipinski definition) is 0. The molecule has 2 aromatic rings. The van der Waals surface area contributed by atoms with E-state index in [4.69, 9.17) is 42.6 Å². The number of carbonyl (C=O) groups excluding carboxylic acids is 1. The number of carbonyl (C=O) groups is 1. The van der Waals surface area contributed by atoms with Gasteiger partial charge in [0.15, 0.2) is 25.0 Å². The molecule has 0 aromatic heterocycles. The van der Waals surface area contributed by atoms with Crippen molar-refractivity contribution in [3.8, 4) is 0 Å². The highest BCUT2D eigenvalue weighted by molar-refractivity contribution is 5.89. The number of epoxide rings is 1. The third-order valence-corrected chi connectivity index (χ3v) is 7.96. The van der Waals surface area contributed by atoms with Crippen LogP contribution >= 0.6 is 0 Å². The molecule has 2 bridgehead atoms. The van der Waals surface area contributed by atoms with Crippen LogP contribution in [-0.2, 0) is 42.6 Å². The molecule has 5 saturated heterocycles. The van der Waals surface area contributed by atoms with Crippen molar-refractivity contribution in [3.63, 3.8) is 0 Å². The summed E-state index contributed by atoms with van der Waals surface area (Å²) in [6.07, 6.45) is -3.87. The monoisotopic (exact) mass is 554 g/mol. The molecule has 0 spiro atoms. The molecule has 5 aliphatic rings. The van der Waals surface area contributed by atoms with Crippen LogP contribution in [0.3, 0.4) is 0 Å². The quantitative estimate of drug-likeness (QED) is 0.261. The number of fused-ring (bicyclic) bond motifs is 5. The second kappa shape index (κ2) is 11.5. The Morgan fingerprint density at radius 3 is 2.38 bits per heavy atom. The van der Waals surface area contributed by atoms with Crippen LogP contribution in [0.4, 0.5) is 0 Å². The highest BCUT2D eigenvalue weighted by Gasteiger charge is 2.64. The van der Waals surface area contributed by atoms with Gasteiger partial charge in [0.1, 0.15) is 42.7 Å². The van der Waals surface area contributed by atoms with Gasteiger partial charge in [-0.2, -0.15) is 0 Å². The van der Waals surface area contributed by atoms with Crippen LogP contribution in [0.5, 0.6) is 0 Å². The van der Waals surface area contributed by atoms with Crippen LogP contribution in [0.15, 0.2) is 60.7 Å². The zero-order valence-electron chi connectivity index (χ0n) is 22.2. The second-order valence-electron chi connectivity index (χ2n) is 10.7. The summed E-state index contributed by atoms with van der Waals surface area (Å²) in [5.41, 5.74) is 1.31. The molecule has 0 saturated carbocycles. The van der Waals surface area contributed by atoms with Crippen LogP contribution in [0.1, 0.15) is 42.0 Å². The third-order valence-electron chi connectivity index (χ3n) is 7.96. The summed E-state index contributed by atoms with van der Waals surface area (Å²) in [4.78, 5) is 13.3. The molecule has 0 amide bonds. The van der Waals surface area contributed by atoms with E-state index in [1.165, 1.54) is 0 Å². The molecule has 0 radical (unpaired) electrons. The first-order valence-electron chi connectivity index (χ1n) is 14.1. The van der Waals surface area contributed by atoms with Crippen molar-refractivity contribution in [2.45, 2.75) is 87.5 Å². The molecule has 214 valence electrons. The number of esters is 1.